The maximum atomic E-state index is 12.6. The fourth-order valence-corrected chi connectivity index (χ4v) is 3.90. The maximum Gasteiger partial charge on any atom is 0.317 e. The van der Waals surface area contributed by atoms with Gasteiger partial charge >= 0.3 is 5.97 Å². The van der Waals surface area contributed by atoms with Gasteiger partial charge in [0.1, 0.15) is 12.5 Å². The van der Waals surface area contributed by atoms with E-state index in [0.29, 0.717) is 46.1 Å². The Labute approximate surface area is 192 Å². The van der Waals surface area contributed by atoms with Gasteiger partial charge in [0.2, 0.25) is 0 Å². The van der Waals surface area contributed by atoms with Crippen LogP contribution >= 0.6 is 23.8 Å². The van der Waals surface area contributed by atoms with Crippen molar-refractivity contribution in [3.8, 4) is 11.5 Å². The molecule has 0 bridgehead atoms. The third-order valence-electron chi connectivity index (χ3n) is 4.73. The molecule has 0 unspecified atom stereocenters. The van der Waals surface area contributed by atoms with Crippen LogP contribution in [0.15, 0.2) is 54.7 Å². The molecule has 0 aliphatic carbocycles. The van der Waals surface area contributed by atoms with Crippen molar-refractivity contribution in [3.05, 3.63) is 70.9 Å². The van der Waals surface area contributed by atoms with E-state index in [1.807, 2.05) is 37.3 Å². The number of ether oxygens (including phenoxy) is 3. The molecule has 3 rings (SSSR count). The summed E-state index contributed by atoms with van der Waals surface area (Å²) in [7, 11) is 0. The molecule has 1 saturated heterocycles. The van der Waals surface area contributed by atoms with Crippen LogP contribution in [-0.4, -0.2) is 24.3 Å². The molecule has 164 valence electrons. The van der Waals surface area contributed by atoms with E-state index in [-0.39, 0.29) is 6.61 Å². The number of nitrogens with one attached hydrogen (secondary N) is 2. The average molecular weight is 461 g/mol. The molecule has 2 aromatic rings. The Balaban J connectivity index is 1.95. The first kappa shape index (κ1) is 22.9. The van der Waals surface area contributed by atoms with Crippen molar-refractivity contribution in [2.75, 3.05) is 13.2 Å². The molecule has 1 fully saturated rings. The lowest BCUT2D eigenvalue weighted by Gasteiger charge is -2.35. The van der Waals surface area contributed by atoms with Crippen molar-refractivity contribution in [3.63, 3.8) is 0 Å². The van der Waals surface area contributed by atoms with E-state index >= 15 is 0 Å². The van der Waals surface area contributed by atoms with Crippen LogP contribution in [0.4, 0.5) is 0 Å². The van der Waals surface area contributed by atoms with E-state index in [4.69, 9.17) is 38.0 Å². The molecule has 1 heterocycles. The summed E-state index contributed by atoms with van der Waals surface area (Å²) in [6.07, 6.45) is 0. The lowest BCUT2D eigenvalue weighted by Crippen LogP contribution is -2.51. The molecular weight excluding hydrogens is 436 g/mol. The molecule has 2 atom stereocenters. The summed E-state index contributed by atoms with van der Waals surface area (Å²) in [5, 5.41) is 6.78. The molecule has 6 nitrogen and oxygen atoms in total. The number of hydrogen-bond donors (Lipinski definition) is 2. The van der Waals surface area contributed by atoms with Gasteiger partial charge in [0.25, 0.3) is 0 Å². The number of carbonyl (C=O) groups is 1. The van der Waals surface area contributed by atoms with Gasteiger partial charge in [-0.1, -0.05) is 48.5 Å². The molecule has 1 aliphatic heterocycles. The normalized spacial score (nSPS) is 18.0. The lowest BCUT2D eigenvalue weighted by atomic mass is 9.89. The highest BCUT2D eigenvalue weighted by molar-refractivity contribution is 7.80. The standard InChI is InChI=1S/C23H25ClN2O4S/c1-4-28-18-12-16(11-17(24)21(18)30-13-15-9-7-6-8-10-15)20-19(22(27)29-5-2)14(3)25-23(31)26-20/h6-12,19-20H,3-5,13H2,1-2H3,(H2,25,26,31)/t19-,20+/m1/s1. The second-order valence-corrected chi connectivity index (χ2v) is 7.68. The molecule has 0 radical (unpaired) electrons. The van der Waals surface area contributed by atoms with Crippen LogP contribution in [0.2, 0.25) is 5.02 Å². The zero-order chi connectivity index (χ0) is 22.4. The van der Waals surface area contributed by atoms with Gasteiger partial charge in [-0.2, -0.15) is 0 Å². The summed E-state index contributed by atoms with van der Waals surface area (Å²) in [6, 6.07) is 12.8. The fraction of sp³-hybridized carbons (Fsp3) is 0.304. The molecule has 2 aromatic carbocycles. The molecule has 0 amide bonds. The highest BCUT2D eigenvalue weighted by Crippen LogP contribution is 2.41. The predicted octanol–water partition coefficient (Wildman–Crippen LogP) is 4.53. The molecule has 0 spiro atoms. The minimum Gasteiger partial charge on any atom is -0.490 e. The maximum absolute atomic E-state index is 12.6. The van der Waals surface area contributed by atoms with Crippen LogP contribution in [0.1, 0.15) is 31.0 Å². The second kappa shape index (κ2) is 10.5. The van der Waals surface area contributed by atoms with Crippen molar-refractivity contribution in [2.24, 2.45) is 5.92 Å². The number of carbonyl (C=O) groups excluding carboxylic acids is 1. The monoisotopic (exact) mass is 460 g/mol. The SMILES string of the molecule is C=C1NC(=S)N[C@@H](c2cc(Cl)c(OCc3ccccc3)c(OCC)c2)[C@@H]1C(=O)OCC. The number of hydrogen-bond acceptors (Lipinski definition) is 5. The summed E-state index contributed by atoms with van der Waals surface area (Å²) >= 11 is 11.9. The van der Waals surface area contributed by atoms with Crippen LogP contribution in [-0.2, 0) is 16.1 Å². The van der Waals surface area contributed by atoms with Gasteiger partial charge in [-0.25, -0.2) is 0 Å². The van der Waals surface area contributed by atoms with Crippen LogP contribution in [0, 0.1) is 5.92 Å². The topological polar surface area (TPSA) is 68.8 Å². The first-order chi connectivity index (χ1) is 14.9. The number of esters is 1. The summed E-state index contributed by atoms with van der Waals surface area (Å²) in [6.45, 7) is 8.62. The van der Waals surface area contributed by atoms with Gasteiger partial charge in [-0.3, -0.25) is 4.79 Å². The number of benzene rings is 2. The fourth-order valence-electron chi connectivity index (χ4n) is 3.37. The highest BCUT2D eigenvalue weighted by atomic mass is 35.5. The molecule has 2 N–H and O–H groups in total. The van der Waals surface area contributed by atoms with Crippen molar-refractivity contribution in [1.82, 2.24) is 10.6 Å². The van der Waals surface area contributed by atoms with Gasteiger partial charge < -0.3 is 24.8 Å². The predicted molar refractivity (Wildman–Crippen MR) is 124 cm³/mol. The third-order valence-corrected chi connectivity index (χ3v) is 5.23. The van der Waals surface area contributed by atoms with Gasteiger partial charge in [0.05, 0.1) is 24.3 Å². The average Bonchev–Trinajstić information content (AvgIpc) is 2.73. The van der Waals surface area contributed by atoms with E-state index in [9.17, 15) is 4.79 Å². The Morgan fingerprint density at radius 2 is 1.90 bits per heavy atom. The zero-order valence-electron chi connectivity index (χ0n) is 17.4. The number of rotatable bonds is 8. The number of halogens is 1. The highest BCUT2D eigenvalue weighted by Gasteiger charge is 2.38. The largest absolute Gasteiger partial charge is 0.490 e. The third kappa shape index (κ3) is 5.48. The molecular formula is C23H25ClN2O4S. The zero-order valence-corrected chi connectivity index (χ0v) is 19.0. The Morgan fingerprint density at radius 3 is 2.58 bits per heavy atom. The van der Waals surface area contributed by atoms with Crippen molar-refractivity contribution in [1.29, 1.82) is 0 Å². The Hall–Kier alpha value is -2.77. The Kier molecular flexibility index (Phi) is 7.76. The number of thiocarbonyl (C=S) groups is 1. The van der Waals surface area contributed by atoms with Gasteiger partial charge in [-0.05, 0) is 49.3 Å². The quantitative estimate of drug-likeness (QED) is 0.443. The van der Waals surface area contributed by atoms with Gasteiger partial charge in [0.15, 0.2) is 16.6 Å². The second-order valence-electron chi connectivity index (χ2n) is 6.87. The molecule has 0 saturated carbocycles. The van der Waals surface area contributed by atoms with Gasteiger partial charge in [-0.15, -0.1) is 0 Å². The Bertz CT molecular complexity index is 968. The van der Waals surface area contributed by atoms with Crippen LogP contribution in [0.25, 0.3) is 0 Å². The summed E-state index contributed by atoms with van der Waals surface area (Å²) in [5.74, 6) is -0.161. The summed E-state index contributed by atoms with van der Waals surface area (Å²) < 4.78 is 17.0. The van der Waals surface area contributed by atoms with Crippen molar-refractivity contribution < 1.29 is 19.0 Å². The van der Waals surface area contributed by atoms with Crippen molar-refractivity contribution >= 4 is 34.9 Å². The smallest absolute Gasteiger partial charge is 0.317 e. The van der Waals surface area contributed by atoms with Crippen LogP contribution < -0.4 is 20.1 Å². The molecule has 0 aromatic heterocycles. The minimum atomic E-state index is -0.687. The molecule has 1 aliphatic rings. The first-order valence-corrected chi connectivity index (χ1v) is 10.8. The molecule has 8 heteroatoms. The van der Waals surface area contributed by atoms with Crippen LogP contribution in [0.5, 0.6) is 11.5 Å². The van der Waals surface area contributed by atoms with E-state index < -0.39 is 17.9 Å². The van der Waals surface area contributed by atoms with E-state index in [1.165, 1.54) is 0 Å². The van der Waals surface area contributed by atoms with E-state index in [2.05, 4.69) is 17.2 Å². The van der Waals surface area contributed by atoms with Crippen LogP contribution in [0.3, 0.4) is 0 Å². The van der Waals surface area contributed by atoms with Gasteiger partial charge in [0, 0.05) is 5.70 Å². The summed E-state index contributed by atoms with van der Waals surface area (Å²) in [5.41, 5.74) is 2.18. The van der Waals surface area contributed by atoms with E-state index in [0.717, 1.165) is 5.56 Å². The minimum absolute atomic E-state index is 0.261. The van der Waals surface area contributed by atoms with E-state index in [1.54, 1.807) is 19.1 Å². The lowest BCUT2D eigenvalue weighted by molar-refractivity contribution is -0.147. The first-order valence-electron chi connectivity index (χ1n) is 10.0. The van der Waals surface area contributed by atoms with Crippen molar-refractivity contribution in [2.45, 2.75) is 26.5 Å². The summed E-state index contributed by atoms with van der Waals surface area (Å²) in [4.78, 5) is 12.6. The molecule has 31 heavy (non-hydrogen) atoms. The Morgan fingerprint density at radius 1 is 1.16 bits per heavy atom.